The molecule has 0 unspecified atom stereocenters. The zero-order chi connectivity index (χ0) is 17.5. The van der Waals surface area contributed by atoms with E-state index in [0.717, 1.165) is 49.9 Å². The van der Waals surface area contributed by atoms with Crippen LogP contribution in [0.5, 0.6) is 5.75 Å². The van der Waals surface area contributed by atoms with Gasteiger partial charge in [-0.2, -0.15) is 5.10 Å². The summed E-state index contributed by atoms with van der Waals surface area (Å²) in [5.74, 6) is 1.48. The standard InChI is InChI=1S/C17H23N5O2S/c1-24-15-3-2-4-16(11-15)25-12-17(23)21-8-5-20(6-9-21)7-10-22-14-18-13-19-22/h2-4,11,13-14H,5-10,12H2,1H3. The fourth-order valence-electron chi connectivity index (χ4n) is 2.74. The zero-order valence-corrected chi connectivity index (χ0v) is 15.2. The minimum atomic E-state index is 0.198. The van der Waals surface area contributed by atoms with E-state index >= 15 is 0 Å². The first-order valence-corrected chi connectivity index (χ1v) is 9.32. The summed E-state index contributed by atoms with van der Waals surface area (Å²) < 4.78 is 7.05. The predicted octanol–water partition coefficient (Wildman–Crippen LogP) is 1.22. The highest BCUT2D eigenvalue weighted by Crippen LogP contribution is 2.23. The van der Waals surface area contributed by atoms with E-state index in [1.54, 1.807) is 31.5 Å². The molecule has 1 aromatic heterocycles. The zero-order valence-electron chi connectivity index (χ0n) is 14.4. The molecule has 1 aliphatic heterocycles. The van der Waals surface area contributed by atoms with Gasteiger partial charge in [0.2, 0.25) is 5.91 Å². The number of amides is 1. The normalized spacial score (nSPS) is 15.3. The van der Waals surface area contributed by atoms with Crippen molar-refractivity contribution in [1.29, 1.82) is 0 Å². The van der Waals surface area contributed by atoms with E-state index in [9.17, 15) is 4.79 Å². The number of rotatable bonds is 7. The summed E-state index contributed by atoms with van der Waals surface area (Å²) in [6.45, 7) is 5.15. The molecule has 0 radical (unpaired) electrons. The molecule has 0 bridgehead atoms. The summed E-state index contributed by atoms with van der Waals surface area (Å²) >= 11 is 1.56. The van der Waals surface area contributed by atoms with Crippen LogP contribution in [0.2, 0.25) is 0 Å². The second kappa shape index (κ2) is 8.87. The molecule has 2 heterocycles. The van der Waals surface area contributed by atoms with Crippen molar-refractivity contribution in [1.82, 2.24) is 24.6 Å². The van der Waals surface area contributed by atoms with Gasteiger partial charge in [0, 0.05) is 37.6 Å². The summed E-state index contributed by atoms with van der Waals surface area (Å²) in [4.78, 5) is 21.7. The van der Waals surface area contributed by atoms with Crippen LogP contribution >= 0.6 is 11.8 Å². The number of nitrogens with zero attached hydrogens (tertiary/aromatic N) is 5. The number of hydrogen-bond donors (Lipinski definition) is 0. The van der Waals surface area contributed by atoms with Gasteiger partial charge in [-0.25, -0.2) is 4.98 Å². The fraction of sp³-hybridized carbons (Fsp3) is 0.471. The lowest BCUT2D eigenvalue weighted by Crippen LogP contribution is -2.49. The Bertz CT molecular complexity index is 671. The van der Waals surface area contributed by atoms with E-state index in [0.29, 0.717) is 5.75 Å². The molecule has 8 heteroatoms. The van der Waals surface area contributed by atoms with Crippen LogP contribution in [0.3, 0.4) is 0 Å². The Hall–Kier alpha value is -2.06. The van der Waals surface area contributed by atoms with Crippen LogP contribution in [-0.2, 0) is 11.3 Å². The number of benzene rings is 1. The minimum Gasteiger partial charge on any atom is -0.497 e. The first kappa shape index (κ1) is 17.8. The number of methoxy groups -OCH3 is 1. The predicted molar refractivity (Wildman–Crippen MR) is 96.8 cm³/mol. The van der Waals surface area contributed by atoms with Crippen molar-refractivity contribution in [2.45, 2.75) is 11.4 Å². The van der Waals surface area contributed by atoms with Gasteiger partial charge in [0.25, 0.3) is 0 Å². The van der Waals surface area contributed by atoms with Gasteiger partial charge in [-0.05, 0) is 18.2 Å². The van der Waals surface area contributed by atoms with Crippen LogP contribution in [0.4, 0.5) is 0 Å². The molecular formula is C17H23N5O2S. The highest BCUT2D eigenvalue weighted by Gasteiger charge is 2.20. The first-order chi connectivity index (χ1) is 12.2. The number of carbonyl (C=O) groups is 1. The Morgan fingerprint density at radius 3 is 2.80 bits per heavy atom. The fourth-order valence-corrected chi connectivity index (χ4v) is 3.59. The van der Waals surface area contributed by atoms with Crippen molar-refractivity contribution in [3.63, 3.8) is 0 Å². The van der Waals surface area contributed by atoms with Crippen LogP contribution < -0.4 is 4.74 Å². The van der Waals surface area contributed by atoms with Crippen molar-refractivity contribution in [3.05, 3.63) is 36.9 Å². The average Bonchev–Trinajstić information content (AvgIpc) is 3.18. The second-order valence-corrected chi connectivity index (χ2v) is 6.90. The first-order valence-electron chi connectivity index (χ1n) is 8.34. The number of aromatic nitrogens is 3. The van der Waals surface area contributed by atoms with Gasteiger partial charge < -0.3 is 9.64 Å². The number of piperazine rings is 1. The van der Waals surface area contributed by atoms with E-state index in [-0.39, 0.29) is 5.91 Å². The average molecular weight is 361 g/mol. The molecule has 2 aromatic rings. The highest BCUT2D eigenvalue weighted by atomic mass is 32.2. The second-order valence-electron chi connectivity index (χ2n) is 5.85. The van der Waals surface area contributed by atoms with Gasteiger partial charge in [0.1, 0.15) is 18.4 Å². The Labute approximate surface area is 152 Å². The monoisotopic (exact) mass is 361 g/mol. The summed E-state index contributed by atoms with van der Waals surface area (Å²) in [6.07, 6.45) is 3.28. The number of carbonyl (C=O) groups excluding carboxylic acids is 1. The van der Waals surface area contributed by atoms with Gasteiger partial charge in [-0.1, -0.05) is 6.07 Å². The van der Waals surface area contributed by atoms with Crippen molar-refractivity contribution < 1.29 is 9.53 Å². The topological polar surface area (TPSA) is 63.5 Å². The van der Waals surface area contributed by atoms with Crippen molar-refractivity contribution in [3.8, 4) is 5.75 Å². The van der Waals surface area contributed by atoms with E-state index in [1.165, 1.54) is 0 Å². The largest absolute Gasteiger partial charge is 0.497 e. The van der Waals surface area contributed by atoms with Crippen molar-refractivity contribution in [2.75, 3.05) is 45.6 Å². The van der Waals surface area contributed by atoms with E-state index < -0.39 is 0 Å². The van der Waals surface area contributed by atoms with Crippen LogP contribution in [0, 0.1) is 0 Å². The molecule has 0 atom stereocenters. The van der Waals surface area contributed by atoms with Gasteiger partial charge in [0.15, 0.2) is 0 Å². The number of ether oxygens (including phenoxy) is 1. The van der Waals surface area contributed by atoms with Crippen LogP contribution in [-0.4, -0.2) is 76.1 Å². The molecule has 0 aliphatic carbocycles. The molecule has 3 rings (SSSR count). The van der Waals surface area contributed by atoms with Gasteiger partial charge >= 0.3 is 0 Å². The third-order valence-electron chi connectivity index (χ3n) is 4.24. The Morgan fingerprint density at radius 2 is 2.08 bits per heavy atom. The highest BCUT2D eigenvalue weighted by molar-refractivity contribution is 8.00. The number of thioether (sulfide) groups is 1. The van der Waals surface area contributed by atoms with Crippen molar-refractivity contribution in [2.24, 2.45) is 0 Å². The summed E-state index contributed by atoms with van der Waals surface area (Å²) in [7, 11) is 1.65. The Kier molecular flexibility index (Phi) is 6.30. The maximum Gasteiger partial charge on any atom is 0.233 e. The quantitative estimate of drug-likeness (QED) is 0.691. The summed E-state index contributed by atoms with van der Waals surface area (Å²) in [5.41, 5.74) is 0. The molecule has 7 nitrogen and oxygen atoms in total. The molecule has 1 amide bonds. The molecule has 0 saturated carbocycles. The van der Waals surface area contributed by atoms with E-state index in [1.807, 2.05) is 33.8 Å². The third-order valence-corrected chi connectivity index (χ3v) is 5.22. The minimum absolute atomic E-state index is 0.198. The third kappa shape index (κ3) is 5.20. The Morgan fingerprint density at radius 1 is 1.24 bits per heavy atom. The lowest BCUT2D eigenvalue weighted by molar-refractivity contribution is -0.130. The smallest absolute Gasteiger partial charge is 0.233 e. The maximum atomic E-state index is 12.4. The van der Waals surface area contributed by atoms with Crippen LogP contribution in [0.15, 0.2) is 41.8 Å². The van der Waals surface area contributed by atoms with Gasteiger partial charge in [-0.3, -0.25) is 14.4 Å². The summed E-state index contributed by atoms with van der Waals surface area (Å²) in [5, 5.41) is 4.11. The maximum absolute atomic E-state index is 12.4. The van der Waals surface area contributed by atoms with Crippen LogP contribution in [0.1, 0.15) is 0 Å². The molecule has 134 valence electrons. The van der Waals surface area contributed by atoms with Crippen LogP contribution in [0.25, 0.3) is 0 Å². The number of hydrogen-bond acceptors (Lipinski definition) is 6. The molecule has 1 aromatic carbocycles. The van der Waals surface area contributed by atoms with E-state index in [4.69, 9.17) is 4.74 Å². The molecule has 1 fully saturated rings. The molecule has 0 N–H and O–H groups in total. The Balaban J connectivity index is 1.39. The van der Waals surface area contributed by atoms with Crippen molar-refractivity contribution >= 4 is 17.7 Å². The summed E-state index contributed by atoms with van der Waals surface area (Å²) in [6, 6.07) is 7.81. The molecule has 25 heavy (non-hydrogen) atoms. The van der Waals surface area contributed by atoms with Gasteiger partial charge in [0.05, 0.1) is 19.4 Å². The SMILES string of the molecule is COc1cccc(SCC(=O)N2CCN(CCn3cncn3)CC2)c1. The van der Waals surface area contributed by atoms with E-state index in [2.05, 4.69) is 15.0 Å². The molecule has 0 spiro atoms. The molecular weight excluding hydrogens is 338 g/mol. The molecule has 1 saturated heterocycles. The molecule has 1 aliphatic rings. The van der Waals surface area contributed by atoms with Gasteiger partial charge in [-0.15, -0.1) is 11.8 Å². The lowest BCUT2D eigenvalue weighted by Gasteiger charge is -2.34. The lowest BCUT2D eigenvalue weighted by atomic mass is 10.3.